The van der Waals surface area contributed by atoms with E-state index in [2.05, 4.69) is 10.6 Å². The van der Waals surface area contributed by atoms with E-state index in [9.17, 15) is 4.79 Å². The van der Waals surface area contributed by atoms with Crippen molar-refractivity contribution in [1.82, 2.24) is 4.98 Å². The standard InChI is InChI=1S/C25H33N3O2/c29-8-4-3-7-26-23-12-22(20-5-1-2-6-21(20)27-23)28-24(30)16-25-13-17-9-18(14-25)11-19(10-17)15-25/h1-2,5-6,12,17-19,29H,3-4,7-11,13-16H2,(H2,26,27,28,30). The summed E-state index contributed by atoms with van der Waals surface area (Å²) in [5, 5.41) is 16.5. The van der Waals surface area contributed by atoms with Gasteiger partial charge in [0.05, 0.1) is 11.2 Å². The molecule has 4 saturated carbocycles. The fraction of sp³-hybridized carbons (Fsp3) is 0.600. The van der Waals surface area contributed by atoms with Gasteiger partial charge in [0.2, 0.25) is 5.91 Å². The number of nitrogens with one attached hydrogen (secondary N) is 2. The Morgan fingerprint density at radius 2 is 1.77 bits per heavy atom. The second kappa shape index (κ2) is 8.18. The zero-order valence-corrected chi connectivity index (χ0v) is 17.7. The Morgan fingerprint density at radius 1 is 1.07 bits per heavy atom. The molecule has 4 aliphatic carbocycles. The minimum atomic E-state index is 0.152. The highest BCUT2D eigenvalue weighted by Crippen LogP contribution is 2.61. The number of nitrogens with zero attached hydrogens (tertiary/aromatic N) is 1. The predicted molar refractivity (Wildman–Crippen MR) is 120 cm³/mol. The summed E-state index contributed by atoms with van der Waals surface area (Å²) in [6, 6.07) is 9.94. The summed E-state index contributed by atoms with van der Waals surface area (Å²) in [6.45, 7) is 0.963. The van der Waals surface area contributed by atoms with Crippen LogP contribution in [0.4, 0.5) is 11.5 Å². The third-order valence-corrected chi connectivity index (χ3v) is 7.58. The third-order valence-electron chi connectivity index (χ3n) is 7.58. The molecule has 4 fully saturated rings. The number of anilines is 2. The van der Waals surface area contributed by atoms with Crippen LogP contribution in [0.15, 0.2) is 30.3 Å². The molecular weight excluding hydrogens is 374 g/mol. The van der Waals surface area contributed by atoms with E-state index < -0.39 is 0 Å². The zero-order valence-electron chi connectivity index (χ0n) is 17.7. The maximum absolute atomic E-state index is 13.2. The quantitative estimate of drug-likeness (QED) is 0.541. The Labute approximate surface area is 178 Å². The second-order valence-electron chi connectivity index (χ2n) is 10.1. The number of carbonyl (C=O) groups is 1. The van der Waals surface area contributed by atoms with E-state index >= 15 is 0 Å². The number of pyridine rings is 1. The molecular formula is C25H33N3O2. The summed E-state index contributed by atoms with van der Waals surface area (Å²) in [6.07, 6.45) is 10.3. The molecule has 1 aromatic heterocycles. The molecule has 0 radical (unpaired) electrons. The topological polar surface area (TPSA) is 74.2 Å². The Hall–Kier alpha value is -2.14. The Balaban J connectivity index is 1.32. The van der Waals surface area contributed by atoms with Crippen LogP contribution in [-0.4, -0.2) is 29.1 Å². The molecule has 1 amide bonds. The Bertz CT molecular complexity index is 890. The normalized spacial score (nSPS) is 29.3. The van der Waals surface area contributed by atoms with Crippen LogP contribution >= 0.6 is 0 Å². The number of aliphatic hydroxyl groups excluding tert-OH is 1. The number of unbranched alkanes of at least 4 members (excludes halogenated alkanes) is 1. The van der Waals surface area contributed by atoms with Crippen LogP contribution in [0.1, 0.15) is 57.8 Å². The highest BCUT2D eigenvalue weighted by Gasteiger charge is 2.51. The minimum Gasteiger partial charge on any atom is -0.396 e. The molecule has 0 atom stereocenters. The van der Waals surface area contributed by atoms with Gasteiger partial charge in [0.25, 0.3) is 0 Å². The first kappa shape index (κ1) is 19.8. The number of hydrogen-bond acceptors (Lipinski definition) is 4. The molecule has 160 valence electrons. The second-order valence-corrected chi connectivity index (χ2v) is 10.1. The number of aliphatic hydroxyl groups is 1. The van der Waals surface area contributed by atoms with Crippen LogP contribution in [0.3, 0.4) is 0 Å². The summed E-state index contributed by atoms with van der Waals surface area (Å²) in [5.41, 5.74) is 1.97. The van der Waals surface area contributed by atoms with E-state index in [4.69, 9.17) is 10.1 Å². The first-order chi connectivity index (χ1) is 14.6. The number of benzene rings is 1. The third kappa shape index (κ3) is 4.04. The van der Waals surface area contributed by atoms with Crippen molar-refractivity contribution in [3.05, 3.63) is 30.3 Å². The lowest BCUT2D eigenvalue weighted by Gasteiger charge is -2.56. The van der Waals surface area contributed by atoms with Gasteiger partial charge in [-0.1, -0.05) is 18.2 Å². The minimum absolute atomic E-state index is 0.152. The van der Waals surface area contributed by atoms with Crippen molar-refractivity contribution in [1.29, 1.82) is 0 Å². The van der Waals surface area contributed by atoms with Gasteiger partial charge in [-0.2, -0.15) is 0 Å². The van der Waals surface area contributed by atoms with Gasteiger partial charge in [0.1, 0.15) is 5.82 Å². The molecule has 0 unspecified atom stereocenters. The number of aromatic nitrogens is 1. The van der Waals surface area contributed by atoms with Crippen molar-refractivity contribution < 1.29 is 9.90 Å². The number of fused-ring (bicyclic) bond motifs is 1. The fourth-order valence-electron chi connectivity index (χ4n) is 6.86. The Kier molecular flexibility index (Phi) is 5.40. The lowest BCUT2D eigenvalue weighted by Crippen LogP contribution is -2.47. The van der Waals surface area contributed by atoms with Crippen LogP contribution in [0.5, 0.6) is 0 Å². The summed E-state index contributed by atoms with van der Waals surface area (Å²) in [7, 11) is 0. The first-order valence-corrected chi connectivity index (χ1v) is 11.7. The Morgan fingerprint density at radius 3 is 2.47 bits per heavy atom. The largest absolute Gasteiger partial charge is 0.396 e. The molecule has 4 bridgehead atoms. The SMILES string of the molecule is O=C(CC12CC3CC(CC(C3)C1)C2)Nc1cc(NCCCCO)nc2ccccc12. The van der Waals surface area contributed by atoms with Gasteiger partial charge >= 0.3 is 0 Å². The smallest absolute Gasteiger partial charge is 0.224 e. The number of rotatable bonds is 8. The molecule has 2 aromatic rings. The van der Waals surface area contributed by atoms with Crippen molar-refractivity contribution in [2.24, 2.45) is 23.2 Å². The van der Waals surface area contributed by atoms with Gasteiger partial charge < -0.3 is 15.7 Å². The van der Waals surface area contributed by atoms with E-state index in [1.165, 1.54) is 38.5 Å². The van der Waals surface area contributed by atoms with Crippen molar-refractivity contribution in [3.63, 3.8) is 0 Å². The van der Waals surface area contributed by atoms with Crippen molar-refractivity contribution in [3.8, 4) is 0 Å². The fourth-order valence-corrected chi connectivity index (χ4v) is 6.86. The molecule has 4 aliphatic rings. The molecule has 6 rings (SSSR count). The van der Waals surface area contributed by atoms with Gasteiger partial charge in [-0.3, -0.25) is 4.79 Å². The molecule has 0 spiro atoms. The van der Waals surface area contributed by atoms with Crippen LogP contribution in [0.25, 0.3) is 10.9 Å². The van der Waals surface area contributed by atoms with Crippen LogP contribution in [0, 0.1) is 23.2 Å². The zero-order chi connectivity index (χ0) is 20.6. The van der Waals surface area contributed by atoms with Gasteiger partial charge in [-0.15, -0.1) is 0 Å². The van der Waals surface area contributed by atoms with Gasteiger partial charge in [0, 0.05) is 31.0 Å². The maximum Gasteiger partial charge on any atom is 0.224 e. The summed E-state index contributed by atoms with van der Waals surface area (Å²) in [5.74, 6) is 3.51. The number of hydrogen-bond donors (Lipinski definition) is 3. The van der Waals surface area contributed by atoms with Gasteiger partial charge in [-0.05, 0) is 80.6 Å². The first-order valence-electron chi connectivity index (χ1n) is 11.7. The van der Waals surface area contributed by atoms with E-state index in [-0.39, 0.29) is 17.9 Å². The van der Waals surface area contributed by atoms with Crippen molar-refractivity contribution in [2.75, 3.05) is 23.8 Å². The van der Waals surface area contributed by atoms with Crippen molar-refractivity contribution >= 4 is 28.3 Å². The molecule has 0 aliphatic heterocycles. The van der Waals surface area contributed by atoms with Crippen LogP contribution in [0.2, 0.25) is 0 Å². The number of amides is 1. The molecule has 1 aromatic carbocycles. The monoisotopic (exact) mass is 407 g/mol. The summed E-state index contributed by atoms with van der Waals surface area (Å²) in [4.78, 5) is 17.9. The predicted octanol–water partition coefficient (Wildman–Crippen LogP) is 4.96. The van der Waals surface area contributed by atoms with E-state index in [0.29, 0.717) is 6.42 Å². The van der Waals surface area contributed by atoms with Gasteiger partial charge in [0.15, 0.2) is 0 Å². The molecule has 0 saturated heterocycles. The van der Waals surface area contributed by atoms with Crippen molar-refractivity contribution in [2.45, 2.75) is 57.8 Å². The molecule has 5 nitrogen and oxygen atoms in total. The highest BCUT2D eigenvalue weighted by molar-refractivity contribution is 6.02. The maximum atomic E-state index is 13.2. The van der Waals surface area contributed by atoms with Gasteiger partial charge in [-0.25, -0.2) is 4.98 Å². The average molecular weight is 408 g/mol. The van der Waals surface area contributed by atoms with E-state index in [1.807, 2.05) is 30.3 Å². The molecule has 3 N–H and O–H groups in total. The van der Waals surface area contributed by atoms with Crippen LogP contribution < -0.4 is 10.6 Å². The summed E-state index contributed by atoms with van der Waals surface area (Å²) < 4.78 is 0. The van der Waals surface area contributed by atoms with E-state index in [0.717, 1.165) is 59.5 Å². The van der Waals surface area contributed by atoms with Crippen LogP contribution in [-0.2, 0) is 4.79 Å². The molecule has 5 heteroatoms. The lowest BCUT2D eigenvalue weighted by atomic mass is 9.49. The highest BCUT2D eigenvalue weighted by atomic mass is 16.2. The van der Waals surface area contributed by atoms with E-state index in [1.54, 1.807) is 0 Å². The molecule has 30 heavy (non-hydrogen) atoms. The lowest BCUT2D eigenvalue weighted by molar-refractivity contribution is -0.124. The molecule has 1 heterocycles. The number of para-hydroxylation sites is 1. The summed E-state index contributed by atoms with van der Waals surface area (Å²) >= 11 is 0. The number of carbonyl (C=O) groups excluding carboxylic acids is 1. The average Bonchev–Trinajstić information content (AvgIpc) is 2.70.